The Hall–Kier alpha value is -1.83. The lowest BCUT2D eigenvalue weighted by Gasteiger charge is -2.33. The Balaban J connectivity index is 1.65. The van der Waals surface area contributed by atoms with Gasteiger partial charge in [0.2, 0.25) is 0 Å². The quantitative estimate of drug-likeness (QED) is 0.777. The van der Waals surface area contributed by atoms with E-state index in [1.807, 2.05) is 12.1 Å². The fourth-order valence-corrected chi connectivity index (χ4v) is 2.84. The van der Waals surface area contributed by atoms with Gasteiger partial charge in [0, 0.05) is 18.8 Å². The monoisotopic (exact) mass is 255 g/mol. The van der Waals surface area contributed by atoms with E-state index >= 15 is 0 Å². The highest BCUT2D eigenvalue weighted by Crippen LogP contribution is 2.30. The molecule has 3 rings (SSSR count). The number of para-hydroxylation sites is 1. The van der Waals surface area contributed by atoms with E-state index in [1.54, 1.807) is 12.1 Å². The second-order valence-electron chi connectivity index (χ2n) is 5.15. The SMILES string of the molecule is Fc1ccc(C2CCN(c3ccccc3)CC2)cc1. The van der Waals surface area contributed by atoms with Crippen molar-refractivity contribution in [1.82, 2.24) is 0 Å². The number of halogens is 1. The molecule has 1 heterocycles. The predicted molar refractivity (Wildman–Crippen MR) is 77.0 cm³/mol. The van der Waals surface area contributed by atoms with E-state index in [2.05, 4.69) is 35.2 Å². The lowest BCUT2D eigenvalue weighted by Crippen LogP contribution is -2.32. The number of nitrogens with zero attached hydrogens (tertiary/aromatic N) is 1. The average molecular weight is 255 g/mol. The van der Waals surface area contributed by atoms with Gasteiger partial charge in [-0.05, 0) is 48.6 Å². The summed E-state index contributed by atoms with van der Waals surface area (Å²) in [6.45, 7) is 2.15. The number of piperidine rings is 1. The number of anilines is 1. The second kappa shape index (κ2) is 5.43. The van der Waals surface area contributed by atoms with Gasteiger partial charge in [0.1, 0.15) is 5.82 Å². The molecule has 2 aromatic carbocycles. The van der Waals surface area contributed by atoms with Gasteiger partial charge in [-0.15, -0.1) is 0 Å². The molecule has 1 aliphatic rings. The number of hydrogen-bond acceptors (Lipinski definition) is 1. The summed E-state index contributed by atoms with van der Waals surface area (Å²) >= 11 is 0. The van der Waals surface area contributed by atoms with Crippen LogP contribution in [0, 0.1) is 5.82 Å². The van der Waals surface area contributed by atoms with E-state index in [1.165, 1.54) is 11.3 Å². The largest absolute Gasteiger partial charge is 0.371 e. The molecule has 0 aromatic heterocycles. The maximum atomic E-state index is 12.9. The molecule has 1 saturated heterocycles. The third kappa shape index (κ3) is 2.78. The first-order valence-corrected chi connectivity index (χ1v) is 6.88. The zero-order valence-electron chi connectivity index (χ0n) is 10.9. The van der Waals surface area contributed by atoms with Crippen LogP contribution in [0.3, 0.4) is 0 Å². The highest BCUT2D eigenvalue weighted by atomic mass is 19.1. The first-order valence-electron chi connectivity index (χ1n) is 6.88. The molecule has 0 spiro atoms. The van der Waals surface area contributed by atoms with Crippen molar-refractivity contribution >= 4 is 5.69 Å². The standard InChI is InChI=1S/C17H18FN/c18-16-8-6-14(7-9-16)15-10-12-19(13-11-15)17-4-2-1-3-5-17/h1-9,15H,10-13H2. The molecule has 2 aromatic rings. The Morgan fingerprint density at radius 3 is 2.11 bits per heavy atom. The van der Waals surface area contributed by atoms with Crippen molar-refractivity contribution < 1.29 is 4.39 Å². The van der Waals surface area contributed by atoms with Crippen molar-refractivity contribution in [2.75, 3.05) is 18.0 Å². The van der Waals surface area contributed by atoms with Crippen LogP contribution in [0.5, 0.6) is 0 Å². The Morgan fingerprint density at radius 2 is 1.47 bits per heavy atom. The highest BCUT2D eigenvalue weighted by molar-refractivity contribution is 5.46. The molecule has 0 bridgehead atoms. The van der Waals surface area contributed by atoms with Gasteiger partial charge in [0.05, 0.1) is 0 Å². The molecule has 0 saturated carbocycles. The highest BCUT2D eigenvalue weighted by Gasteiger charge is 2.20. The molecule has 0 atom stereocenters. The van der Waals surface area contributed by atoms with Crippen LogP contribution in [0.15, 0.2) is 54.6 Å². The van der Waals surface area contributed by atoms with Crippen molar-refractivity contribution in [2.45, 2.75) is 18.8 Å². The van der Waals surface area contributed by atoms with Gasteiger partial charge in [-0.3, -0.25) is 0 Å². The fraction of sp³-hybridized carbons (Fsp3) is 0.294. The van der Waals surface area contributed by atoms with Crippen LogP contribution in [0.4, 0.5) is 10.1 Å². The topological polar surface area (TPSA) is 3.24 Å². The van der Waals surface area contributed by atoms with Gasteiger partial charge in [-0.25, -0.2) is 4.39 Å². The summed E-state index contributed by atoms with van der Waals surface area (Å²) in [5.41, 5.74) is 2.58. The molecule has 0 radical (unpaired) electrons. The molecular formula is C17H18FN. The molecule has 0 N–H and O–H groups in total. The summed E-state index contributed by atoms with van der Waals surface area (Å²) in [5, 5.41) is 0. The lowest BCUT2D eigenvalue weighted by molar-refractivity contribution is 0.504. The zero-order chi connectivity index (χ0) is 13.1. The van der Waals surface area contributed by atoms with Gasteiger partial charge in [-0.2, -0.15) is 0 Å². The molecule has 0 amide bonds. The van der Waals surface area contributed by atoms with Crippen molar-refractivity contribution in [3.63, 3.8) is 0 Å². The van der Waals surface area contributed by atoms with Crippen LogP contribution in [0.2, 0.25) is 0 Å². The maximum Gasteiger partial charge on any atom is 0.123 e. The Labute approximate surface area is 113 Å². The summed E-state index contributed by atoms with van der Waals surface area (Å²) in [5.74, 6) is 0.422. The van der Waals surface area contributed by atoms with Crippen molar-refractivity contribution in [3.8, 4) is 0 Å². The van der Waals surface area contributed by atoms with E-state index < -0.39 is 0 Å². The van der Waals surface area contributed by atoms with Crippen LogP contribution in [0.25, 0.3) is 0 Å². The molecule has 0 aliphatic carbocycles. The molecule has 19 heavy (non-hydrogen) atoms. The maximum absolute atomic E-state index is 12.9. The Kier molecular flexibility index (Phi) is 3.49. The minimum absolute atomic E-state index is 0.148. The Morgan fingerprint density at radius 1 is 0.842 bits per heavy atom. The van der Waals surface area contributed by atoms with Crippen LogP contribution in [-0.4, -0.2) is 13.1 Å². The molecule has 2 heteroatoms. The summed E-state index contributed by atoms with van der Waals surface area (Å²) in [6.07, 6.45) is 2.28. The summed E-state index contributed by atoms with van der Waals surface area (Å²) in [4.78, 5) is 2.43. The minimum Gasteiger partial charge on any atom is -0.371 e. The molecule has 0 unspecified atom stereocenters. The third-order valence-corrected chi connectivity index (χ3v) is 3.96. The van der Waals surface area contributed by atoms with Gasteiger partial charge in [0.25, 0.3) is 0 Å². The minimum atomic E-state index is -0.148. The van der Waals surface area contributed by atoms with Crippen LogP contribution < -0.4 is 4.90 Å². The average Bonchev–Trinajstić information content (AvgIpc) is 2.49. The molecule has 98 valence electrons. The van der Waals surface area contributed by atoms with Gasteiger partial charge in [-0.1, -0.05) is 30.3 Å². The number of benzene rings is 2. The first-order chi connectivity index (χ1) is 9.33. The van der Waals surface area contributed by atoms with Gasteiger partial charge < -0.3 is 4.90 Å². The van der Waals surface area contributed by atoms with Crippen LogP contribution in [-0.2, 0) is 0 Å². The number of hydrogen-bond donors (Lipinski definition) is 0. The third-order valence-electron chi connectivity index (χ3n) is 3.96. The van der Waals surface area contributed by atoms with Gasteiger partial charge >= 0.3 is 0 Å². The predicted octanol–water partition coefficient (Wildman–Crippen LogP) is 4.21. The first kappa shape index (κ1) is 12.2. The normalized spacial score (nSPS) is 16.6. The molecule has 1 aliphatic heterocycles. The van der Waals surface area contributed by atoms with Crippen molar-refractivity contribution in [3.05, 3.63) is 66.0 Å². The second-order valence-corrected chi connectivity index (χ2v) is 5.15. The van der Waals surface area contributed by atoms with E-state index in [-0.39, 0.29) is 5.82 Å². The lowest BCUT2D eigenvalue weighted by atomic mass is 9.89. The van der Waals surface area contributed by atoms with Crippen molar-refractivity contribution in [1.29, 1.82) is 0 Å². The Bertz CT molecular complexity index is 513. The molecule has 1 fully saturated rings. The fourth-order valence-electron chi connectivity index (χ4n) is 2.84. The summed E-state index contributed by atoms with van der Waals surface area (Å²) < 4.78 is 12.9. The van der Waals surface area contributed by atoms with Crippen molar-refractivity contribution in [2.24, 2.45) is 0 Å². The summed E-state index contributed by atoms with van der Waals surface area (Å²) in [7, 11) is 0. The number of rotatable bonds is 2. The smallest absolute Gasteiger partial charge is 0.123 e. The van der Waals surface area contributed by atoms with Crippen LogP contribution >= 0.6 is 0 Å². The molecular weight excluding hydrogens is 237 g/mol. The van der Waals surface area contributed by atoms with E-state index in [0.29, 0.717) is 5.92 Å². The molecule has 1 nitrogen and oxygen atoms in total. The van der Waals surface area contributed by atoms with E-state index in [0.717, 1.165) is 25.9 Å². The zero-order valence-corrected chi connectivity index (χ0v) is 10.9. The summed E-state index contributed by atoms with van der Waals surface area (Å²) in [6, 6.07) is 17.5. The van der Waals surface area contributed by atoms with E-state index in [4.69, 9.17) is 0 Å². The van der Waals surface area contributed by atoms with Crippen LogP contribution in [0.1, 0.15) is 24.3 Å². The van der Waals surface area contributed by atoms with Gasteiger partial charge in [0.15, 0.2) is 0 Å². The van der Waals surface area contributed by atoms with E-state index in [9.17, 15) is 4.39 Å².